The molecule has 0 unspecified atom stereocenters. The van der Waals surface area contributed by atoms with Gasteiger partial charge < -0.3 is 14.8 Å². The number of anilines is 1. The van der Waals surface area contributed by atoms with Gasteiger partial charge in [0.15, 0.2) is 0 Å². The third kappa shape index (κ3) is 2.64. The molecule has 3 aromatic rings. The Balaban J connectivity index is 1.85. The fourth-order valence-corrected chi connectivity index (χ4v) is 3.21. The summed E-state index contributed by atoms with van der Waals surface area (Å²) in [5.74, 6) is 2.45. The van der Waals surface area contributed by atoms with Gasteiger partial charge in [-0.05, 0) is 42.8 Å². The van der Waals surface area contributed by atoms with Crippen LogP contribution in [0.4, 0.5) is 5.82 Å². The highest BCUT2D eigenvalue weighted by atomic mass is 16.5. The number of nitrogens with one attached hydrogen (secondary N) is 1. The van der Waals surface area contributed by atoms with Crippen LogP contribution < -0.4 is 14.8 Å². The van der Waals surface area contributed by atoms with Crippen LogP contribution in [0.15, 0.2) is 42.5 Å². The standard InChI is InChI=1S/C20H18N4O2/c1-25-16-9-14(10-17(11-16)26-2)19-18-7-8-22-20(18)24(23-19)15-5-3-13(12-21)4-6-15/h3-6,9-11,22H,7-8H2,1-2H3. The van der Waals surface area contributed by atoms with Gasteiger partial charge >= 0.3 is 0 Å². The first kappa shape index (κ1) is 16.0. The zero-order valence-corrected chi connectivity index (χ0v) is 14.6. The first-order chi connectivity index (χ1) is 12.7. The molecule has 0 fully saturated rings. The van der Waals surface area contributed by atoms with Crippen LogP contribution in [0, 0.1) is 11.3 Å². The third-order valence-corrected chi connectivity index (χ3v) is 4.52. The van der Waals surface area contributed by atoms with E-state index in [0.29, 0.717) is 5.56 Å². The van der Waals surface area contributed by atoms with Gasteiger partial charge in [-0.1, -0.05) is 0 Å². The quantitative estimate of drug-likeness (QED) is 0.784. The summed E-state index contributed by atoms with van der Waals surface area (Å²) >= 11 is 0. The Morgan fingerprint density at radius 1 is 1.08 bits per heavy atom. The van der Waals surface area contributed by atoms with Crippen molar-refractivity contribution >= 4 is 5.82 Å². The fraction of sp³-hybridized carbons (Fsp3) is 0.200. The number of hydrogen-bond acceptors (Lipinski definition) is 5. The molecule has 1 aliphatic heterocycles. The predicted octanol–water partition coefficient (Wildman–Crippen LogP) is 3.40. The minimum atomic E-state index is 0.628. The molecule has 2 aromatic carbocycles. The summed E-state index contributed by atoms with van der Waals surface area (Å²) in [4.78, 5) is 0. The van der Waals surface area contributed by atoms with E-state index < -0.39 is 0 Å². The van der Waals surface area contributed by atoms with Crippen LogP contribution in [0.25, 0.3) is 16.9 Å². The van der Waals surface area contributed by atoms with Crippen molar-refractivity contribution in [2.45, 2.75) is 6.42 Å². The highest BCUT2D eigenvalue weighted by Gasteiger charge is 2.24. The summed E-state index contributed by atoms with van der Waals surface area (Å²) in [6, 6.07) is 15.3. The lowest BCUT2D eigenvalue weighted by Crippen LogP contribution is -2.04. The van der Waals surface area contributed by atoms with E-state index in [2.05, 4.69) is 11.4 Å². The summed E-state index contributed by atoms with van der Waals surface area (Å²) in [6.07, 6.45) is 0.903. The van der Waals surface area contributed by atoms with Gasteiger partial charge in [0, 0.05) is 23.7 Å². The van der Waals surface area contributed by atoms with Crippen molar-refractivity contribution in [1.82, 2.24) is 9.78 Å². The predicted molar refractivity (Wildman–Crippen MR) is 99.0 cm³/mol. The molecule has 1 N–H and O–H groups in total. The van der Waals surface area contributed by atoms with E-state index in [0.717, 1.165) is 47.2 Å². The first-order valence-electron chi connectivity index (χ1n) is 8.33. The minimum Gasteiger partial charge on any atom is -0.497 e. The molecule has 0 aliphatic carbocycles. The van der Waals surface area contributed by atoms with Gasteiger partial charge in [-0.3, -0.25) is 0 Å². The van der Waals surface area contributed by atoms with Crippen molar-refractivity contribution in [3.05, 3.63) is 53.6 Å². The van der Waals surface area contributed by atoms with Crippen molar-refractivity contribution in [2.75, 3.05) is 26.1 Å². The number of benzene rings is 2. The number of rotatable bonds is 4. The van der Waals surface area contributed by atoms with Gasteiger partial charge in [0.05, 0.1) is 37.2 Å². The van der Waals surface area contributed by atoms with E-state index in [1.165, 1.54) is 5.56 Å². The third-order valence-electron chi connectivity index (χ3n) is 4.52. The van der Waals surface area contributed by atoms with Crippen molar-refractivity contribution in [3.8, 4) is 34.5 Å². The summed E-state index contributed by atoms with van der Waals surface area (Å²) in [7, 11) is 3.28. The molecule has 130 valence electrons. The van der Waals surface area contributed by atoms with Gasteiger partial charge in [-0.2, -0.15) is 10.4 Å². The van der Waals surface area contributed by atoms with Gasteiger partial charge in [-0.15, -0.1) is 0 Å². The van der Waals surface area contributed by atoms with Crippen LogP contribution in [0.1, 0.15) is 11.1 Å². The highest BCUT2D eigenvalue weighted by molar-refractivity contribution is 5.74. The molecule has 4 rings (SSSR count). The Labute approximate surface area is 151 Å². The van der Waals surface area contributed by atoms with E-state index in [1.807, 2.05) is 35.0 Å². The molecule has 26 heavy (non-hydrogen) atoms. The molecule has 0 bridgehead atoms. The van der Waals surface area contributed by atoms with Gasteiger partial charge in [0.2, 0.25) is 0 Å². The summed E-state index contributed by atoms with van der Waals surface area (Å²) in [6.45, 7) is 0.873. The minimum absolute atomic E-state index is 0.628. The van der Waals surface area contributed by atoms with Gasteiger partial charge in [0.1, 0.15) is 17.3 Å². The van der Waals surface area contributed by atoms with Crippen LogP contribution in [-0.4, -0.2) is 30.5 Å². The molecule has 6 heteroatoms. The Morgan fingerprint density at radius 3 is 2.38 bits per heavy atom. The maximum Gasteiger partial charge on any atom is 0.133 e. The second-order valence-corrected chi connectivity index (χ2v) is 6.02. The molecule has 0 saturated heterocycles. The lowest BCUT2D eigenvalue weighted by atomic mass is 10.1. The molecule has 0 amide bonds. The molecule has 1 aliphatic rings. The molecule has 0 spiro atoms. The number of fused-ring (bicyclic) bond motifs is 1. The van der Waals surface area contributed by atoms with E-state index in [4.69, 9.17) is 19.8 Å². The average molecular weight is 346 g/mol. The Kier molecular flexibility index (Phi) is 3.98. The largest absolute Gasteiger partial charge is 0.497 e. The van der Waals surface area contributed by atoms with E-state index in [-0.39, 0.29) is 0 Å². The Hall–Kier alpha value is -3.46. The number of hydrogen-bond donors (Lipinski definition) is 1. The fourth-order valence-electron chi connectivity index (χ4n) is 3.21. The van der Waals surface area contributed by atoms with Crippen molar-refractivity contribution in [3.63, 3.8) is 0 Å². The average Bonchev–Trinajstić information content (AvgIpc) is 3.30. The smallest absolute Gasteiger partial charge is 0.133 e. The lowest BCUT2D eigenvalue weighted by molar-refractivity contribution is 0.394. The molecule has 2 heterocycles. The number of aromatic nitrogens is 2. The first-order valence-corrected chi connectivity index (χ1v) is 8.33. The molecule has 0 radical (unpaired) electrons. The number of ether oxygens (including phenoxy) is 2. The van der Waals surface area contributed by atoms with Crippen molar-refractivity contribution in [2.24, 2.45) is 0 Å². The van der Waals surface area contributed by atoms with Gasteiger partial charge in [-0.25, -0.2) is 4.68 Å². The van der Waals surface area contributed by atoms with Crippen LogP contribution in [0.2, 0.25) is 0 Å². The zero-order valence-electron chi connectivity index (χ0n) is 14.6. The molecule has 0 atom stereocenters. The summed E-state index contributed by atoms with van der Waals surface area (Å²) in [5, 5.41) is 17.3. The highest BCUT2D eigenvalue weighted by Crippen LogP contribution is 2.37. The summed E-state index contributed by atoms with van der Waals surface area (Å²) < 4.78 is 12.7. The maximum atomic E-state index is 9.00. The molecular formula is C20H18N4O2. The van der Waals surface area contributed by atoms with Crippen LogP contribution >= 0.6 is 0 Å². The second kappa shape index (κ2) is 6.45. The molecular weight excluding hydrogens is 328 g/mol. The number of nitrogens with zero attached hydrogens (tertiary/aromatic N) is 3. The topological polar surface area (TPSA) is 72.1 Å². The number of methoxy groups -OCH3 is 2. The molecule has 1 aromatic heterocycles. The Morgan fingerprint density at radius 2 is 1.77 bits per heavy atom. The monoisotopic (exact) mass is 346 g/mol. The lowest BCUT2D eigenvalue weighted by Gasteiger charge is -2.08. The van der Waals surface area contributed by atoms with E-state index in [9.17, 15) is 0 Å². The molecule has 6 nitrogen and oxygen atoms in total. The van der Waals surface area contributed by atoms with Crippen molar-refractivity contribution < 1.29 is 9.47 Å². The molecule has 0 saturated carbocycles. The van der Waals surface area contributed by atoms with Crippen LogP contribution in [-0.2, 0) is 6.42 Å². The van der Waals surface area contributed by atoms with Gasteiger partial charge in [0.25, 0.3) is 0 Å². The normalized spacial score (nSPS) is 12.2. The maximum absolute atomic E-state index is 9.00. The number of nitriles is 1. The van der Waals surface area contributed by atoms with E-state index in [1.54, 1.807) is 26.4 Å². The van der Waals surface area contributed by atoms with Crippen LogP contribution in [0.3, 0.4) is 0 Å². The zero-order chi connectivity index (χ0) is 18.1. The van der Waals surface area contributed by atoms with Crippen LogP contribution in [0.5, 0.6) is 11.5 Å². The summed E-state index contributed by atoms with van der Waals surface area (Å²) in [5.41, 5.74) is 4.57. The second-order valence-electron chi connectivity index (χ2n) is 6.02. The van der Waals surface area contributed by atoms with Crippen molar-refractivity contribution in [1.29, 1.82) is 5.26 Å². The van der Waals surface area contributed by atoms with E-state index >= 15 is 0 Å². The Bertz CT molecular complexity index is 978. The SMILES string of the molecule is COc1cc(OC)cc(-c2nn(-c3ccc(C#N)cc3)c3c2CCN3)c1.